The summed E-state index contributed by atoms with van der Waals surface area (Å²) in [4.78, 5) is 11.3. The van der Waals surface area contributed by atoms with E-state index in [9.17, 15) is 4.79 Å². The van der Waals surface area contributed by atoms with Gasteiger partial charge in [-0.3, -0.25) is 4.79 Å². The molecule has 1 aliphatic heterocycles. The number of carbonyl (C=O) groups is 1. The second-order valence-electron chi connectivity index (χ2n) is 3.50. The molecule has 1 N–H and O–H groups in total. The first-order valence-electron chi connectivity index (χ1n) is 4.88. The third-order valence-corrected chi connectivity index (χ3v) is 2.89. The van der Waals surface area contributed by atoms with Crippen LogP contribution in [0.2, 0.25) is 0 Å². The first kappa shape index (κ1) is 10.6. The molecule has 1 aliphatic rings. The lowest BCUT2D eigenvalue weighted by Gasteiger charge is -2.15. The third kappa shape index (κ3) is 2.79. The highest BCUT2D eigenvalue weighted by Gasteiger charge is 2.17. The summed E-state index contributed by atoms with van der Waals surface area (Å²) in [6, 6.07) is 7.89. The number of hydrogen-bond acceptors (Lipinski definition) is 2. The van der Waals surface area contributed by atoms with E-state index in [1.165, 1.54) is 0 Å². The van der Waals surface area contributed by atoms with Gasteiger partial charge in [0, 0.05) is 10.9 Å². The van der Waals surface area contributed by atoms with Crippen molar-refractivity contribution in [3.63, 3.8) is 0 Å². The van der Waals surface area contributed by atoms with Gasteiger partial charge in [-0.05, 0) is 17.7 Å². The molecule has 0 aromatic heterocycles. The van der Waals surface area contributed by atoms with Crippen LogP contribution >= 0.6 is 15.9 Å². The van der Waals surface area contributed by atoms with Crippen LogP contribution in [0.4, 0.5) is 0 Å². The summed E-state index contributed by atoms with van der Waals surface area (Å²) in [5.74, 6) is 0.0559. The van der Waals surface area contributed by atoms with Crippen LogP contribution in [0.15, 0.2) is 28.7 Å². The van der Waals surface area contributed by atoms with Crippen LogP contribution in [-0.4, -0.2) is 19.1 Å². The Morgan fingerprint density at radius 3 is 2.80 bits per heavy atom. The summed E-state index contributed by atoms with van der Waals surface area (Å²) in [5.41, 5.74) is 1.08. The summed E-state index contributed by atoms with van der Waals surface area (Å²) in [6.45, 7) is 1.06. The van der Waals surface area contributed by atoms with Crippen LogP contribution < -0.4 is 5.32 Å². The van der Waals surface area contributed by atoms with E-state index in [0.717, 1.165) is 10.0 Å². The van der Waals surface area contributed by atoms with Gasteiger partial charge in [0.25, 0.3) is 0 Å². The Bertz CT molecular complexity index is 350. The minimum absolute atomic E-state index is 0.0203. The van der Waals surface area contributed by atoms with Crippen LogP contribution in [0.1, 0.15) is 18.0 Å². The standard InChI is InChI=1S/C11H12BrNO2/c12-9-3-1-8(2-4-9)10-7-15-6-5-11(14)13-10/h1-4,10H,5-7H2,(H,13,14). The maximum absolute atomic E-state index is 11.3. The molecule has 1 atom stereocenters. The molecule has 0 saturated carbocycles. The van der Waals surface area contributed by atoms with Gasteiger partial charge in [-0.15, -0.1) is 0 Å². The smallest absolute Gasteiger partial charge is 0.222 e. The number of benzene rings is 1. The number of nitrogens with one attached hydrogen (secondary N) is 1. The molecular formula is C11H12BrNO2. The lowest BCUT2D eigenvalue weighted by molar-refractivity contribution is -0.121. The van der Waals surface area contributed by atoms with Gasteiger partial charge in [-0.1, -0.05) is 28.1 Å². The Morgan fingerprint density at radius 2 is 2.07 bits per heavy atom. The second kappa shape index (κ2) is 4.77. The zero-order valence-electron chi connectivity index (χ0n) is 8.20. The van der Waals surface area contributed by atoms with Gasteiger partial charge in [0.05, 0.1) is 19.3 Å². The minimum Gasteiger partial charge on any atom is -0.378 e. The lowest BCUT2D eigenvalue weighted by Crippen LogP contribution is -2.28. The second-order valence-corrected chi connectivity index (χ2v) is 4.41. The number of carbonyl (C=O) groups excluding carboxylic acids is 1. The predicted octanol–water partition coefficient (Wildman–Crippen LogP) is 2.03. The fourth-order valence-corrected chi connectivity index (χ4v) is 1.81. The van der Waals surface area contributed by atoms with Crippen molar-refractivity contribution >= 4 is 21.8 Å². The van der Waals surface area contributed by atoms with Gasteiger partial charge in [0.1, 0.15) is 0 Å². The van der Waals surface area contributed by atoms with Crippen LogP contribution in [0.5, 0.6) is 0 Å². The molecule has 4 heteroatoms. The topological polar surface area (TPSA) is 38.3 Å². The Labute approximate surface area is 96.9 Å². The SMILES string of the molecule is O=C1CCOCC(c2ccc(Br)cc2)N1. The Morgan fingerprint density at radius 1 is 1.33 bits per heavy atom. The normalized spacial score (nSPS) is 21.9. The molecule has 15 heavy (non-hydrogen) atoms. The van der Waals surface area contributed by atoms with Gasteiger partial charge < -0.3 is 10.1 Å². The van der Waals surface area contributed by atoms with Crippen LogP contribution in [0.25, 0.3) is 0 Å². The molecule has 1 aromatic carbocycles. The fourth-order valence-electron chi connectivity index (χ4n) is 1.55. The van der Waals surface area contributed by atoms with Gasteiger partial charge >= 0.3 is 0 Å². The highest BCUT2D eigenvalue weighted by molar-refractivity contribution is 9.10. The van der Waals surface area contributed by atoms with Gasteiger partial charge in [0.15, 0.2) is 0 Å². The van der Waals surface area contributed by atoms with E-state index in [4.69, 9.17) is 4.74 Å². The zero-order chi connectivity index (χ0) is 10.7. The number of rotatable bonds is 1. The van der Waals surface area contributed by atoms with Gasteiger partial charge in [-0.2, -0.15) is 0 Å². The summed E-state index contributed by atoms with van der Waals surface area (Å²) in [6.07, 6.45) is 0.451. The molecule has 0 radical (unpaired) electrons. The summed E-state index contributed by atoms with van der Waals surface area (Å²) in [5, 5.41) is 2.94. The van der Waals surface area contributed by atoms with Crippen molar-refractivity contribution in [3.8, 4) is 0 Å². The molecule has 0 bridgehead atoms. The van der Waals surface area contributed by atoms with Crippen LogP contribution in [0, 0.1) is 0 Å². The Kier molecular flexibility index (Phi) is 3.38. The summed E-state index contributed by atoms with van der Waals surface area (Å²) >= 11 is 3.38. The predicted molar refractivity (Wildman–Crippen MR) is 60.5 cm³/mol. The van der Waals surface area contributed by atoms with Crippen molar-refractivity contribution in [2.75, 3.05) is 13.2 Å². The molecule has 0 aliphatic carbocycles. The van der Waals surface area contributed by atoms with Crippen molar-refractivity contribution in [1.29, 1.82) is 0 Å². The van der Waals surface area contributed by atoms with E-state index in [-0.39, 0.29) is 11.9 Å². The van der Waals surface area contributed by atoms with E-state index in [1.54, 1.807) is 0 Å². The average molecular weight is 270 g/mol. The molecule has 2 rings (SSSR count). The molecule has 1 aromatic rings. The maximum atomic E-state index is 11.3. The third-order valence-electron chi connectivity index (χ3n) is 2.37. The number of hydrogen-bond donors (Lipinski definition) is 1. The van der Waals surface area contributed by atoms with Crippen LogP contribution in [0.3, 0.4) is 0 Å². The monoisotopic (exact) mass is 269 g/mol. The van der Waals surface area contributed by atoms with E-state index >= 15 is 0 Å². The molecule has 0 spiro atoms. The highest BCUT2D eigenvalue weighted by atomic mass is 79.9. The molecule has 1 fully saturated rings. The number of amides is 1. The van der Waals surface area contributed by atoms with Crippen molar-refractivity contribution < 1.29 is 9.53 Å². The highest BCUT2D eigenvalue weighted by Crippen LogP contribution is 2.18. The lowest BCUT2D eigenvalue weighted by atomic mass is 10.1. The first-order valence-corrected chi connectivity index (χ1v) is 5.67. The molecular weight excluding hydrogens is 258 g/mol. The van der Waals surface area contributed by atoms with Crippen molar-refractivity contribution in [2.45, 2.75) is 12.5 Å². The Hall–Kier alpha value is -0.870. The average Bonchev–Trinajstić information content (AvgIpc) is 2.44. The molecule has 1 saturated heterocycles. The fraction of sp³-hybridized carbons (Fsp3) is 0.364. The molecule has 80 valence electrons. The maximum Gasteiger partial charge on any atom is 0.222 e. The van der Waals surface area contributed by atoms with E-state index in [0.29, 0.717) is 19.6 Å². The quantitative estimate of drug-likeness (QED) is 0.847. The van der Waals surface area contributed by atoms with Gasteiger partial charge in [0.2, 0.25) is 5.91 Å². The first-order chi connectivity index (χ1) is 7.25. The van der Waals surface area contributed by atoms with Crippen molar-refractivity contribution in [1.82, 2.24) is 5.32 Å². The number of ether oxygens (including phenoxy) is 1. The summed E-state index contributed by atoms with van der Waals surface area (Å²) < 4.78 is 6.40. The number of halogens is 1. The largest absolute Gasteiger partial charge is 0.378 e. The molecule has 3 nitrogen and oxygen atoms in total. The Balaban J connectivity index is 2.14. The molecule has 1 amide bonds. The molecule has 1 heterocycles. The summed E-state index contributed by atoms with van der Waals surface area (Å²) in [7, 11) is 0. The van der Waals surface area contributed by atoms with E-state index < -0.39 is 0 Å². The van der Waals surface area contributed by atoms with Crippen molar-refractivity contribution in [3.05, 3.63) is 34.3 Å². The minimum atomic E-state index is -0.0203. The van der Waals surface area contributed by atoms with Crippen molar-refractivity contribution in [2.24, 2.45) is 0 Å². The van der Waals surface area contributed by atoms with E-state index in [1.807, 2.05) is 24.3 Å². The molecule has 1 unspecified atom stereocenters. The van der Waals surface area contributed by atoms with Gasteiger partial charge in [-0.25, -0.2) is 0 Å². The van der Waals surface area contributed by atoms with Crippen LogP contribution in [-0.2, 0) is 9.53 Å². The van der Waals surface area contributed by atoms with E-state index in [2.05, 4.69) is 21.2 Å². The zero-order valence-corrected chi connectivity index (χ0v) is 9.79.